The molecule has 0 bridgehead atoms. The number of hydrogen-bond donors (Lipinski definition) is 2. The maximum absolute atomic E-state index is 5.93. The molecule has 3 heteroatoms. The van der Waals surface area contributed by atoms with Crippen molar-refractivity contribution in [2.24, 2.45) is 5.73 Å². The van der Waals surface area contributed by atoms with Gasteiger partial charge in [-0.3, -0.25) is 0 Å². The third kappa shape index (κ3) is 6.62. The van der Waals surface area contributed by atoms with E-state index in [0.717, 1.165) is 31.7 Å². The lowest BCUT2D eigenvalue weighted by Gasteiger charge is -2.18. The minimum atomic E-state index is -0.0547. The first-order chi connectivity index (χ1) is 8.51. The zero-order chi connectivity index (χ0) is 13.4. The zero-order valence-corrected chi connectivity index (χ0v) is 11.8. The van der Waals surface area contributed by atoms with Gasteiger partial charge < -0.3 is 15.8 Å². The third-order valence-electron chi connectivity index (χ3n) is 2.74. The second kappa shape index (κ2) is 7.39. The number of rotatable bonds is 8. The van der Waals surface area contributed by atoms with Gasteiger partial charge in [-0.25, -0.2) is 0 Å². The summed E-state index contributed by atoms with van der Waals surface area (Å²) in [5.41, 5.74) is 7.16. The molecule has 102 valence electrons. The van der Waals surface area contributed by atoms with Crippen LogP contribution in [0.3, 0.4) is 0 Å². The minimum absolute atomic E-state index is 0.0547. The highest BCUT2D eigenvalue weighted by Crippen LogP contribution is 2.12. The highest BCUT2D eigenvalue weighted by molar-refractivity contribution is 5.27. The number of ether oxygens (including phenoxy) is 1. The van der Waals surface area contributed by atoms with Gasteiger partial charge in [0, 0.05) is 12.1 Å². The van der Waals surface area contributed by atoms with E-state index in [1.807, 2.05) is 19.1 Å². The number of hydrogen-bond acceptors (Lipinski definition) is 3. The van der Waals surface area contributed by atoms with Gasteiger partial charge in [0.15, 0.2) is 0 Å². The van der Waals surface area contributed by atoms with Crippen LogP contribution in [-0.4, -0.2) is 18.7 Å². The topological polar surface area (TPSA) is 47.3 Å². The Morgan fingerprint density at radius 2 is 1.89 bits per heavy atom. The van der Waals surface area contributed by atoms with Crippen LogP contribution in [0.1, 0.15) is 39.2 Å². The quantitative estimate of drug-likeness (QED) is 0.697. The van der Waals surface area contributed by atoms with Crippen molar-refractivity contribution >= 4 is 0 Å². The predicted molar refractivity (Wildman–Crippen MR) is 76.8 cm³/mol. The molecule has 0 atom stereocenters. The molecule has 0 radical (unpaired) electrons. The van der Waals surface area contributed by atoms with Crippen LogP contribution in [0.25, 0.3) is 0 Å². The Balaban J connectivity index is 2.19. The zero-order valence-electron chi connectivity index (χ0n) is 11.8. The molecule has 0 amide bonds. The van der Waals surface area contributed by atoms with Gasteiger partial charge in [0.05, 0.1) is 6.61 Å². The Morgan fingerprint density at radius 1 is 1.22 bits per heavy atom. The molecule has 0 unspecified atom stereocenters. The van der Waals surface area contributed by atoms with Crippen LogP contribution in [0.2, 0.25) is 0 Å². The predicted octanol–water partition coefficient (Wildman–Crippen LogP) is 2.69. The van der Waals surface area contributed by atoms with Gasteiger partial charge in [0.1, 0.15) is 5.75 Å². The smallest absolute Gasteiger partial charge is 0.119 e. The van der Waals surface area contributed by atoms with Gasteiger partial charge in [-0.2, -0.15) is 0 Å². The Hall–Kier alpha value is -1.06. The number of benzene rings is 1. The molecule has 0 saturated heterocycles. The van der Waals surface area contributed by atoms with Crippen molar-refractivity contribution in [2.45, 2.75) is 45.7 Å². The lowest BCUT2D eigenvalue weighted by atomic mass is 10.0. The van der Waals surface area contributed by atoms with Crippen molar-refractivity contribution in [1.29, 1.82) is 0 Å². The van der Waals surface area contributed by atoms with Crippen LogP contribution >= 0.6 is 0 Å². The van der Waals surface area contributed by atoms with E-state index >= 15 is 0 Å². The Kier molecular flexibility index (Phi) is 6.16. The standard InChI is InChI=1S/C15H26N2O/c1-4-18-14-8-6-13(7-9-14)12-17-11-5-10-15(2,3)16/h6-9,17H,4-5,10-12,16H2,1-3H3. The fraction of sp³-hybridized carbons (Fsp3) is 0.600. The molecule has 0 aliphatic rings. The molecule has 0 saturated carbocycles. The van der Waals surface area contributed by atoms with Crippen LogP contribution in [0.4, 0.5) is 0 Å². The summed E-state index contributed by atoms with van der Waals surface area (Å²) in [4.78, 5) is 0. The Morgan fingerprint density at radius 3 is 2.44 bits per heavy atom. The van der Waals surface area contributed by atoms with E-state index in [4.69, 9.17) is 10.5 Å². The normalized spacial score (nSPS) is 11.6. The van der Waals surface area contributed by atoms with Crippen LogP contribution < -0.4 is 15.8 Å². The summed E-state index contributed by atoms with van der Waals surface area (Å²) in [7, 11) is 0. The summed E-state index contributed by atoms with van der Waals surface area (Å²) < 4.78 is 5.41. The Labute approximate surface area is 111 Å². The summed E-state index contributed by atoms with van der Waals surface area (Å²) in [6.45, 7) is 8.75. The highest BCUT2D eigenvalue weighted by Gasteiger charge is 2.08. The molecule has 1 rings (SSSR count). The molecule has 0 fully saturated rings. The van der Waals surface area contributed by atoms with Crippen LogP contribution in [0.15, 0.2) is 24.3 Å². The van der Waals surface area contributed by atoms with Crippen molar-refractivity contribution in [3.63, 3.8) is 0 Å². The first kappa shape index (κ1) is 15.0. The van der Waals surface area contributed by atoms with Gasteiger partial charge in [0.25, 0.3) is 0 Å². The minimum Gasteiger partial charge on any atom is -0.494 e. The molecule has 18 heavy (non-hydrogen) atoms. The van der Waals surface area contributed by atoms with Gasteiger partial charge in [-0.05, 0) is 57.9 Å². The van der Waals surface area contributed by atoms with E-state index in [1.165, 1.54) is 5.56 Å². The van der Waals surface area contributed by atoms with Crippen molar-refractivity contribution in [1.82, 2.24) is 5.32 Å². The first-order valence-electron chi connectivity index (χ1n) is 6.72. The van der Waals surface area contributed by atoms with E-state index in [-0.39, 0.29) is 5.54 Å². The van der Waals surface area contributed by atoms with Gasteiger partial charge >= 0.3 is 0 Å². The molecule has 0 aliphatic carbocycles. The summed E-state index contributed by atoms with van der Waals surface area (Å²) in [5.74, 6) is 0.936. The molecular formula is C15H26N2O. The molecule has 0 aliphatic heterocycles. The molecule has 1 aromatic rings. The summed E-state index contributed by atoms with van der Waals surface area (Å²) >= 11 is 0. The van der Waals surface area contributed by atoms with Crippen molar-refractivity contribution in [3.8, 4) is 5.75 Å². The van der Waals surface area contributed by atoms with Crippen LogP contribution in [0, 0.1) is 0 Å². The van der Waals surface area contributed by atoms with E-state index in [0.29, 0.717) is 6.61 Å². The largest absolute Gasteiger partial charge is 0.494 e. The number of nitrogens with two attached hydrogens (primary N) is 1. The SMILES string of the molecule is CCOc1ccc(CNCCCC(C)(C)N)cc1. The van der Waals surface area contributed by atoms with Gasteiger partial charge in [-0.15, -0.1) is 0 Å². The van der Waals surface area contributed by atoms with Crippen LogP contribution in [-0.2, 0) is 6.54 Å². The molecule has 0 spiro atoms. The fourth-order valence-electron chi connectivity index (χ4n) is 1.77. The highest BCUT2D eigenvalue weighted by atomic mass is 16.5. The van der Waals surface area contributed by atoms with E-state index in [9.17, 15) is 0 Å². The average Bonchev–Trinajstić information content (AvgIpc) is 2.30. The molecule has 3 nitrogen and oxygen atoms in total. The number of nitrogens with one attached hydrogen (secondary N) is 1. The van der Waals surface area contributed by atoms with E-state index in [2.05, 4.69) is 31.3 Å². The van der Waals surface area contributed by atoms with Crippen LogP contribution in [0.5, 0.6) is 5.75 Å². The summed E-state index contributed by atoms with van der Waals surface area (Å²) in [5, 5.41) is 3.43. The van der Waals surface area contributed by atoms with E-state index in [1.54, 1.807) is 0 Å². The second-order valence-corrected chi connectivity index (χ2v) is 5.35. The fourth-order valence-corrected chi connectivity index (χ4v) is 1.77. The van der Waals surface area contributed by atoms with Crippen molar-refractivity contribution in [3.05, 3.63) is 29.8 Å². The molecular weight excluding hydrogens is 224 g/mol. The van der Waals surface area contributed by atoms with Crippen molar-refractivity contribution < 1.29 is 4.74 Å². The molecule has 3 N–H and O–H groups in total. The maximum Gasteiger partial charge on any atom is 0.119 e. The summed E-state index contributed by atoms with van der Waals surface area (Å²) in [6, 6.07) is 8.24. The van der Waals surface area contributed by atoms with Gasteiger partial charge in [0.2, 0.25) is 0 Å². The maximum atomic E-state index is 5.93. The molecule has 1 aromatic carbocycles. The third-order valence-corrected chi connectivity index (χ3v) is 2.74. The van der Waals surface area contributed by atoms with E-state index < -0.39 is 0 Å². The monoisotopic (exact) mass is 250 g/mol. The molecule has 0 aromatic heterocycles. The van der Waals surface area contributed by atoms with Crippen molar-refractivity contribution in [2.75, 3.05) is 13.2 Å². The molecule has 0 heterocycles. The second-order valence-electron chi connectivity index (χ2n) is 5.35. The average molecular weight is 250 g/mol. The summed E-state index contributed by atoms with van der Waals surface area (Å²) in [6.07, 6.45) is 2.16. The van der Waals surface area contributed by atoms with Gasteiger partial charge in [-0.1, -0.05) is 12.1 Å². The Bertz CT molecular complexity index is 327. The lowest BCUT2D eigenvalue weighted by molar-refractivity contribution is 0.340. The lowest BCUT2D eigenvalue weighted by Crippen LogP contribution is -2.32. The first-order valence-corrected chi connectivity index (χ1v) is 6.72.